The number of carbonyl (C=O) groups is 2. The fraction of sp³-hybridized carbons (Fsp3) is 0.400. The van der Waals surface area contributed by atoms with Crippen molar-refractivity contribution in [3.63, 3.8) is 0 Å². The van der Waals surface area contributed by atoms with Gasteiger partial charge in [0.05, 0.1) is 16.3 Å². The molecule has 1 aromatic heterocycles. The average molecular weight is 436 g/mol. The van der Waals surface area contributed by atoms with Gasteiger partial charge in [0.15, 0.2) is 0 Å². The summed E-state index contributed by atoms with van der Waals surface area (Å²) in [6, 6.07) is 8.90. The van der Waals surface area contributed by atoms with Gasteiger partial charge in [-0.15, -0.1) is 11.3 Å². The van der Waals surface area contributed by atoms with Crippen LogP contribution in [-0.4, -0.2) is 55.6 Å². The summed E-state index contributed by atoms with van der Waals surface area (Å²) in [6.45, 7) is 6.82. The maximum absolute atomic E-state index is 13.0. The number of amides is 2. The van der Waals surface area contributed by atoms with Gasteiger partial charge in [0.2, 0.25) is 15.9 Å². The van der Waals surface area contributed by atoms with Gasteiger partial charge in [0.25, 0.3) is 5.91 Å². The number of aryl methyl sites for hydroxylation is 2. The Labute approximate surface area is 175 Å². The third-order valence-corrected chi connectivity index (χ3v) is 7.99. The number of hydrogen-bond donors (Lipinski definition) is 1. The topological polar surface area (TPSA) is 86.8 Å². The highest BCUT2D eigenvalue weighted by Crippen LogP contribution is 2.24. The largest absolute Gasteiger partial charge is 0.351 e. The summed E-state index contributed by atoms with van der Waals surface area (Å²) >= 11 is 1.35. The highest BCUT2D eigenvalue weighted by molar-refractivity contribution is 7.89. The van der Waals surface area contributed by atoms with E-state index in [2.05, 4.69) is 5.32 Å². The first-order valence-electron chi connectivity index (χ1n) is 9.38. The van der Waals surface area contributed by atoms with Crippen molar-refractivity contribution in [2.75, 3.05) is 26.2 Å². The second kappa shape index (κ2) is 8.64. The third kappa shape index (κ3) is 4.85. The first-order chi connectivity index (χ1) is 13.7. The molecule has 0 unspecified atom stereocenters. The molecule has 2 heterocycles. The zero-order valence-electron chi connectivity index (χ0n) is 16.8. The molecule has 1 fully saturated rings. The quantitative estimate of drug-likeness (QED) is 0.780. The van der Waals surface area contributed by atoms with Crippen LogP contribution in [0.4, 0.5) is 0 Å². The molecule has 0 bridgehead atoms. The molecule has 2 amide bonds. The van der Waals surface area contributed by atoms with E-state index in [1.165, 1.54) is 22.6 Å². The van der Waals surface area contributed by atoms with E-state index >= 15 is 0 Å². The molecule has 1 aliphatic heterocycles. The van der Waals surface area contributed by atoms with Crippen LogP contribution in [0.3, 0.4) is 0 Å². The number of nitrogens with zero attached hydrogens (tertiary/aromatic N) is 2. The lowest BCUT2D eigenvalue weighted by atomic mass is 10.2. The van der Waals surface area contributed by atoms with E-state index in [0.29, 0.717) is 29.4 Å². The Balaban J connectivity index is 1.64. The average Bonchev–Trinajstić information content (AvgIpc) is 3.14. The van der Waals surface area contributed by atoms with Crippen molar-refractivity contribution >= 4 is 33.2 Å². The molecule has 29 heavy (non-hydrogen) atoms. The van der Waals surface area contributed by atoms with Crippen molar-refractivity contribution in [3.8, 4) is 0 Å². The highest BCUT2D eigenvalue weighted by atomic mass is 32.2. The minimum atomic E-state index is -3.58. The number of hydrogen-bond acceptors (Lipinski definition) is 5. The van der Waals surface area contributed by atoms with E-state index in [1.54, 1.807) is 30.0 Å². The standard InChI is InChI=1S/C20H25N3O4S2/c1-14-4-7-19(15(2)12-14)29(26,27)23-10-8-22(9-11-23)20(25)18-6-5-17(28-18)13-21-16(3)24/h4-7,12H,8-11,13H2,1-3H3,(H,21,24). The van der Waals surface area contributed by atoms with Crippen LogP contribution < -0.4 is 5.32 Å². The number of nitrogens with one attached hydrogen (secondary N) is 1. The summed E-state index contributed by atoms with van der Waals surface area (Å²) in [6.07, 6.45) is 0. The molecule has 0 radical (unpaired) electrons. The molecule has 1 aromatic carbocycles. The number of rotatable bonds is 5. The molecule has 0 atom stereocenters. The summed E-state index contributed by atoms with van der Waals surface area (Å²) in [5, 5.41) is 2.71. The summed E-state index contributed by atoms with van der Waals surface area (Å²) < 4.78 is 27.4. The van der Waals surface area contributed by atoms with Gasteiger partial charge in [-0.2, -0.15) is 4.31 Å². The first kappa shape index (κ1) is 21.5. The zero-order chi connectivity index (χ0) is 21.2. The van der Waals surface area contributed by atoms with E-state index in [4.69, 9.17) is 0 Å². The maximum atomic E-state index is 13.0. The smallest absolute Gasteiger partial charge is 0.264 e. The van der Waals surface area contributed by atoms with E-state index in [1.807, 2.05) is 19.1 Å². The van der Waals surface area contributed by atoms with Gasteiger partial charge >= 0.3 is 0 Å². The molecule has 156 valence electrons. The van der Waals surface area contributed by atoms with Crippen LogP contribution >= 0.6 is 11.3 Å². The molecular weight excluding hydrogens is 410 g/mol. The minimum Gasteiger partial charge on any atom is -0.351 e. The third-order valence-electron chi connectivity index (χ3n) is 4.86. The van der Waals surface area contributed by atoms with E-state index in [-0.39, 0.29) is 24.9 Å². The normalized spacial score (nSPS) is 15.3. The van der Waals surface area contributed by atoms with Gasteiger partial charge in [-0.3, -0.25) is 9.59 Å². The molecule has 1 N–H and O–H groups in total. The molecule has 0 saturated carbocycles. The van der Waals surface area contributed by atoms with Crippen LogP contribution in [0.2, 0.25) is 0 Å². The van der Waals surface area contributed by atoms with E-state index < -0.39 is 10.0 Å². The van der Waals surface area contributed by atoms with E-state index in [9.17, 15) is 18.0 Å². The molecule has 1 saturated heterocycles. The fourth-order valence-electron chi connectivity index (χ4n) is 3.31. The van der Waals surface area contributed by atoms with Crippen molar-refractivity contribution in [2.45, 2.75) is 32.2 Å². The predicted octanol–water partition coefficient (Wildman–Crippen LogP) is 2.15. The Hall–Kier alpha value is -2.23. The Morgan fingerprint density at radius 1 is 1.07 bits per heavy atom. The SMILES string of the molecule is CC(=O)NCc1ccc(C(=O)N2CCN(S(=O)(=O)c3ccc(C)cc3C)CC2)s1. The van der Waals surface area contributed by atoms with Crippen molar-refractivity contribution in [2.24, 2.45) is 0 Å². The minimum absolute atomic E-state index is 0.104. The number of benzene rings is 1. The van der Waals surface area contributed by atoms with Crippen molar-refractivity contribution < 1.29 is 18.0 Å². The van der Waals surface area contributed by atoms with Gasteiger partial charge in [-0.1, -0.05) is 17.7 Å². The lowest BCUT2D eigenvalue weighted by molar-refractivity contribution is -0.119. The monoisotopic (exact) mass is 435 g/mol. The predicted molar refractivity (Wildman–Crippen MR) is 112 cm³/mol. The number of piperazine rings is 1. The summed E-state index contributed by atoms with van der Waals surface area (Å²) in [4.78, 5) is 27.3. The van der Waals surface area contributed by atoms with E-state index in [0.717, 1.165) is 16.0 Å². The molecule has 0 spiro atoms. The number of thiophene rings is 1. The number of carbonyl (C=O) groups excluding carboxylic acids is 2. The second-order valence-electron chi connectivity index (χ2n) is 7.14. The van der Waals surface area contributed by atoms with Gasteiger partial charge in [0.1, 0.15) is 0 Å². The molecule has 2 aromatic rings. The molecule has 1 aliphatic rings. The molecular formula is C20H25N3O4S2. The van der Waals surface area contributed by atoms with Gasteiger partial charge < -0.3 is 10.2 Å². The Morgan fingerprint density at radius 2 is 1.76 bits per heavy atom. The van der Waals surface area contributed by atoms with Crippen LogP contribution in [0.1, 0.15) is 32.6 Å². The lowest BCUT2D eigenvalue weighted by Crippen LogP contribution is -2.50. The van der Waals surface area contributed by atoms with Gasteiger partial charge in [-0.05, 0) is 37.6 Å². The Kier molecular flexibility index (Phi) is 6.40. The summed E-state index contributed by atoms with van der Waals surface area (Å²) in [7, 11) is -3.58. The second-order valence-corrected chi connectivity index (χ2v) is 10.2. The summed E-state index contributed by atoms with van der Waals surface area (Å²) in [5.74, 6) is -0.222. The first-order valence-corrected chi connectivity index (χ1v) is 11.6. The molecule has 9 heteroatoms. The lowest BCUT2D eigenvalue weighted by Gasteiger charge is -2.34. The van der Waals surface area contributed by atoms with Gasteiger partial charge in [0, 0.05) is 38.0 Å². The van der Waals surface area contributed by atoms with Crippen LogP contribution in [0.15, 0.2) is 35.2 Å². The van der Waals surface area contributed by atoms with Crippen molar-refractivity contribution in [1.29, 1.82) is 0 Å². The van der Waals surface area contributed by atoms with Crippen LogP contribution in [0.25, 0.3) is 0 Å². The Morgan fingerprint density at radius 3 is 2.38 bits per heavy atom. The molecule has 7 nitrogen and oxygen atoms in total. The van der Waals surface area contributed by atoms with Crippen LogP contribution in [0, 0.1) is 13.8 Å². The van der Waals surface area contributed by atoms with Crippen LogP contribution in [-0.2, 0) is 21.4 Å². The zero-order valence-corrected chi connectivity index (χ0v) is 18.4. The fourth-order valence-corrected chi connectivity index (χ4v) is 5.86. The number of sulfonamides is 1. The van der Waals surface area contributed by atoms with Crippen molar-refractivity contribution in [1.82, 2.24) is 14.5 Å². The Bertz CT molecular complexity index is 1020. The highest BCUT2D eigenvalue weighted by Gasteiger charge is 2.31. The van der Waals surface area contributed by atoms with Crippen molar-refractivity contribution in [3.05, 3.63) is 51.2 Å². The summed E-state index contributed by atoms with van der Waals surface area (Å²) in [5.41, 5.74) is 1.75. The molecule has 3 rings (SSSR count). The molecule has 0 aliphatic carbocycles. The van der Waals surface area contributed by atoms with Crippen LogP contribution in [0.5, 0.6) is 0 Å². The van der Waals surface area contributed by atoms with Gasteiger partial charge in [-0.25, -0.2) is 8.42 Å². The maximum Gasteiger partial charge on any atom is 0.264 e.